The summed E-state index contributed by atoms with van der Waals surface area (Å²) < 4.78 is 15.8. The van der Waals surface area contributed by atoms with Crippen molar-refractivity contribution in [2.24, 2.45) is 10.8 Å². The number of nitrogens with two attached hydrogens (primary N) is 1. The summed E-state index contributed by atoms with van der Waals surface area (Å²) in [5.74, 6) is 5.30. The van der Waals surface area contributed by atoms with Crippen LogP contribution in [0.1, 0.15) is 18.9 Å². The van der Waals surface area contributed by atoms with Gasteiger partial charge in [-0.3, -0.25) is 14.9 Å². The molecule has 1 aliphatic heterocycles. The topological polar surface area (TPSA) is 153 Å². The molecule has 0 aromatic heterocycles. The highest BCUT2D eigenvalue weighted by atomic mass is 32.2. The summed E-state index contributed by atoms with van der Waals surface area (Å²) in [5.41, 5.74) is -1.22. The fourth-order valence-corrected chi connectivity index (χ4v) is 3.02. The number of hydrazine groups is 1. The van der Waals surface area contributed by atoms with Crippen molar-refractivity contribution in [2.75, 3.05) is 20.0 Å². The van der Waals surface area contributed by atoms with Crippen LogP contribution in [0.15, 0.2) is 34.8 Å². The molecule has 29 heavy (non-hydrogen) atoms. The number of hydrogen-bond acceptors (Lipinski definition) is 11. The Labute approximate surface area is 170 Å². The lowest BCUT2D eigenvalue weighted by Gasteiger charge is -2.30. The summed E-state index contributed by atoms with van der Waals surface area (Å²) in [6.07, 6.45) is 1.28. The molecule has 0 radical (unpaired) electrons. The van der Waals surface area contributed by atoms with Gasteiger partial charge in [0.25, 0.3) is 5.88 Å². The minimum atomic E-state index is -0.775. The van der Waals surface area contributed by atoms with Crippen LogP contribution in [-0.4, -0.2) is 47.1 Å². The van der Waals surface area contributed by atoms with E-state index >= 15 is 0 Å². The summed E-state index contributed by atoms with van der Waals surface area (Å²) in [6, 6.07) is 6.31. The molecule has 0 spiro atoms. The van der Waals surface area contributed by atoms with Crippen molar-refractivity contribution < 1.29 is 23.9 Å². The van der Waals surface area contributed by atoms with Gasteiger partial charge >= 0.3 is 11.7 Å². The van der Waals surface area contributed by atoms with Crippen LogP contribution in [-0.2, 0) is 9.53 Å². The first-order valence-electron chi connectivity index (χ1n) is 8.30. The highest BCUT2D eigenvalue weighted by Crippen LogP contribution is 2.34. The number of ether oxygens (including phenoxy) is 3. The van der Waals surface area contributed by atoms with E-state index in [1.54, 1.807) is 13.2 Å². The lowest BCUT2D eigenvalue weighted by atomic mass is 10.2. The Hall–Kier alpha value is -3.30. The average Bonchev–Trinajstić information content (AvgIpc) is 2.69. The third-order valence-corrected chi connectivity index (χ3v) is 4.48. The number of hydrogen-bond donors (Lipinski definition) is 1. The van der Waals surface area contributed by atoms with Gasteiger partial charge in [-0.1, -0.05) is 0 Å². The fourth-order valence-electron chi connectivity index (χ4n) is 2.46. The summed E-state index contributed by atoms with van der Waals surface area (Å²) in [7, 11) is 1.39. The molecule has 1 atom stereocenters. The first-order valence-corrected chi connectivity index (χ1v) is 9.59. The zero-order valence-corrected chi connectivity index (χ0v) is 16.8. The average molecular weight is 421 g/mol. The van der Waals surface area contributed by atoms with E-state index in [0.717, 1.165) is 5.01 Å². The van der Waals surface area contributed by atoms with Gasteiger partial charge in [0.05, 0.1) is 36.7 Å². The van der Waals surface area contributed by atoms with Gasteiger partial charge < -0.3 is 14.2 Å². The van der Waals surface area contributed by atoms with Gasteiger partial charge in [0.15, 0.2) is 17.0 Å². The van der Waals surface area contributed by atoms with Crippen LogP contribution in [0, 0.1) is 21.4 Å². The first-order chi connectivity index (χ1) is 13.9. The van der Waals surface area contributed by atoms with Crippen molar-refractivity contribution >= 4 is 23.4 Å². The van der Waals surface area contributed by atoms with Crippen LogP contribution in [0.3, 0.4) is 0 Å². The van der Waals surface area contributed by atoms with Gasteiger partial charge in [-0.25, -0.2) is 15.8 Å². The molecule has 2 rings (SSSR count). The Bertz CT molecular complexity index is 910. The van der Waals surface area contributed by atoms with Crippen molar-refractivity contribution in [1.29, 1.82) is 5.26 Å². The number of thioether (sulfide) groups is 1. The maximum atomic E-state index is 11.9. The molecule has 1 aliphatic rings. The number of nitrogens with zero attached hydrogens (tertiary/aromatic N) is 4. The minimum Gasteiger partial charge on any atom is -0.493 e. The van der Waals surface area contributed by atoms with Crippen LogP contribution in [0.2, 0.25) is 0 Å². The van der Waals surface area contributed by atoms with Gasteiger partial charge in [-0.2, -0.15) is 5.26 Å². The molecular weight excluding hydrogens is 402 g/mol. The molecule has 0 bridgehead atoms. The van der Waals surface area contributed by atoms with Gasteiger partial charge in [0.2, 0.25) is 0 Å². The van der Waals surface area contributed by atoms with E-state index < -0.39 is 28.5 Å². The van der Waals surface area contributed by atoms with Gasteiger partial charge in [-0.15, -0.1) is 11.8 Å². The second-order valence-corrected chi connectivity index (χ2v) is 6.41. The van der Waals surface area contributed by atoms with Crippen LogP contribution < -0.4 is 15.3 Å². The highest BCUT2D eigenvalue weighted by Gasteiger charge is 2.39. The van der Waals surface area contributed by atoms with Crippen LogP contribution in [0.4, 0.5) is 0 Å². The molecule has 1 unspecified atom stereocenters. The van der Waals surface area contributed by atoms with E-state index in [1.165, 1.54) is 37.1 Å². The van der Waals surface area contributed by atoms with E-state index in [1.807, 2.05) is 6.07 Å². The number of esters is 1. The molecule has 11 nitrogen and oxygen atoms in total. The zero-order chi connectivity index (χ0) is 21.6. The molecular formula is C17H19N5O6S. The number of carbonyl (C=O) groups is 1. The van der Waals surface area contributed by atoms with E-state index in [4.69, 9.17) is 25.3 Å². The second kappa shape index (κ2) is 9.76. The Morgan fingerprint density at radius 2 is 2.21 bits per heavy atom. The minimum absolute atomic E-state index is 0.0496. The smallest absolute Gasteiger partial charge is 0.352 e. The van der Waals surface area contributed by atoms with Crippen LogP contribution >= 0.6 is 11.8 Å². The van der Waals surface area contributed by atoms with E-state index in [9.17, 15) is 14.9 Å². The molecule has 0 amide bonds. The molecule has 0 saturated carbocycles. The molecule has 0 aliphatic carbocycles. The van der Waals surface area contributed by atoms with Crippen LogP contribution in [0.5, 0.6) is 11.5 Å². The molecule has 0 saturated heterocycles. The quantitative estimate of drug-likeness (QED) is 0.283. The lowest BCUT2D eigenvalue weighted by molar-refractivity contribution is -0.419. The third kappa shape index (κ3) is 4.95. The molecule has 12 heteroatoms. The maximum absolute atomic E-state index is 11.9. The Kier molecular flexibility index (Phi) is 7.40. The van der Waals surface area contributed by atoms with Crippen molar-refractivity contribution in [3.05, 3.63) is 45.5 Å². The van der Waals surface area contributed by atoms with Crippen molar-refractivity contribution in [3.63, 3.8) is 0 Å². The number of nitro groups is 1. The fraction of sp³-hybridized carbons (Fsp3) is 0.353. The SMILES string of the molecule is CCOC(=O)CC1=NC(SC)N(N)C(Oc2cc(C#N)ccc2OC)=C1[N+](=O)[O-]. The van der Waals surface area contributed by atoms with E-state index in [2.05, 4.69) is 4.99 Å². The molecule has 1 aromatic rings. The predicted octanol–water partition coefficient (Wildman–Crippen LogP) is 1.62. The standard InChI is InChI=1S/C17H19N5O6S/c1-4-27-14(23)8-11-15(22(24)25)16(21(19)17(20-11)29-3)28-13-7-10(9-18)5-6-12(13)26-2/h5-7,17H,4,8,19H2,1-3H3. The predicted molar refractivity (Wildman–Crippen MR) is 104 cm³/mol. The number of nitriles is 1. The number of aliphatic imine (C=N–C) groups is 1. The van der Waals surface area contributed by atoms with Crippen molar-refractivity contribution in [1.82, 2.24) is 5.01 Å². The number of allylic oxidation sites excluding steroid dienone is 1. The number of carbonyl (C=O) groups excluding carboxylic acids is 1. The monoisotopic (exact) mass is 421 g/mol. The van der Waals surface area contributed by atoms with Crippen LogP contribution in [0.25, 0.3) is 0 Å². The third-order valence-electron chi connectivity index (χ3n) is 3.72. The molecule has 154 valence electrons. The summed E-state index contributed by atoms with van der Waals surface area (Å²) in [5, 5.41) is 21.9. The molecule has 1 aromatic carbocycles. The summed E-state index contributed by atoms with van der Waals surface area (Å²) in [4.78, 5) is 27.2. The van der Waals surface area contributed by atoms with E-state index in [-0.39, 0.29) is 35.3 Å². The van der Waals surface area contributed by atoms with Gasteiger partial charge in [-0.05, 0) is 25.3 Å². The molecule has 2 N–H and O–H groups in total. The van der Waals surface area contributed by atoms with Gasteiger partial charge in [0.1, 0.15) is 5.71 Å². The van der Waals surface area contributed by atoms with Crippen molar-refractivity contribution in [3.8, 4) is 17.6 Å². The van der Waals surface area contributed by atoms with Gasteiger partial charge in [0, 0.05) is 6.07 Å². The number of rotatable bonds is 8. The molecule has 1 heterocycles. The second-order valence-electron chi connectivity index (χ2n) is 5.52. The van der Waals surface area contributed by atoms with E-state index in [0.29, 0.717) is 0 Å². The zero-order valence-electron chi connectivity index (χ0n) is 15.9. The molecule has 0 fully saturated rings. The maximum Gasteiger partial charge on any atom is 0.352 e. The Balaban J connectivity index is 2.57. The first kappa shape index (κ1) is 22.0. The van der Waals surface area contributed by atoms with Crippen molar-refractivity contribution in [2.45, 2.75) is 18.8 Å². The number of benzene rings is 1. The largest absolute Gasteiger partial charge is 0.493 e. The lowest BCUT2D eigenvalue weighted by Crippen LogP contribution is -2.45. The Morgan fingerprint density at radius 3 is 2.76 bits per heavy atom. The Morgan fingerprint density at radius 1 is 1.48 bits per heavy atom. The summed E-state index contributed by atoms with van der Waals surface area (Å²) in [6.45, 7) is 1.75. The summed E-state index contributed by atoms with van der Waals surface area (Å²) >= 11 is 1.18. The normalized spacial score (nSPS) is 16.0. The highest BCUT2D eigenvalue weighted by molar-refractivity contribution is 7.99. The number of methoxy groups -OCH3 is 1.